The smallest absolute Gasteiger partial charge is 0.243 e. The molecule has 2 rings (SSSR count). The van der Waals surface area contributed by atoms with Crippen LogP contribution in [0, 0.1) is 6.92 Å². The van der Waals surface area contributed by atoms with Gasteiger partial charge in [0.1, 0.15) is 0 Å². The Balaban J connectivity index is 2.19. The minimum atomic E-state index is 0.669. The van der Waals surface area contributed by atoms with Gasteiger partial charge in [-0.15, -0.1) is 11.7 Å². The summed E-state index contributed by atoms with van der Waals surface area (Å²) in [6.07, 6.45) is 4.69. The lowest BCUT2D eigenvalue weighted by Gasteiger charge is -1.95. The van der Waals surface area contributed by atoms with Crippen LogP contribution in [-0.2, 0) is 0 Å². The molecule has 0 amide bonds. The summed E-state index contributed by atoms with van der Waals surface area (Å²) in [7, 11) is 0. The van der Waals surface area contributed by atoms with Crippen LogP contribution in [0.25, 0.3) is 5.65 Å². The molecule has 1 N–H and O–H groups in total. The molecular formula is C11H14N4. The van der Waals surface area contributed by atoms with Gasteiger partial charge in [0.25, 0.3) is 0 Å². The summed E-state index contributed by atoms with van der Waals surface area (Å²) in [5.74, 6) is 0.669. The van der Waals surface area contributed by atoms with Crippen molar-refractivity contribution in [3.05, 3.63) is 36.5 Å². The average molecular weight is 202 g/mol. The number of hydrogen-bond donors (Lipinski definition) is 1. The number of nitrogens with zero attached hydrogens (tertiary/aromatic N) is 3. The molecule has 0 radical (unpaired) electrons. The normalized spacial score (nSPS) is 10.5. The fraction of sp³-hybridized carbons (Fsp3) is 0.273. The standard InChI is InChI=1S/C11H14N4/c1-3-4-6-12-11-13-10-8-9(2)5-7-15(10)14-11/h3,5,7-8H,1,4,6H2,2H3,(H,12,14). The van der Waals surface area contributed by atoms with Crippen molar-refractivity contribution >= 4 is 11.6 Å². The first-order chi connectivity index (χ1) is 7.29. The molecule has 4 nitrogen and oxygen atoms in total. The predicted molar refractivity (Wildman–Crippen MR) is 61.0 cm³/mol. The molecule has 0 aliphatic heterocycles. The van der Waals surface area contributed by atoms with E-state index in [9.17, 15) is 0 Å². The highest BCUT2D eigenvalue weighted by Gasteiger charge is 2.01. The van der Waals surface area contributed by atoms with E-state index < -0.39 is 0 Å². The van der Waals surface area contributed by atoms with Crippen molar-refractivity contribution in [2.75, 3.05) is 11.9 Å². The molecule has 2 heterocycles. The van der Waals surface area contributed by atoms with Gasteiger partial charge in [-0.05, 0) is 31.0 Å². The van der Waals surface area contributed by atoms with Crippen LogP contribution in [0.15, 0.2) is 31.0 Å². The van der Waals surface area contributed by atoms with E-state index in [4.69, 9.17) is 0 Å². The van der Waals surface area contributed by atoms with Crippen molar-refractivity contribution < 1.29 is 0 Å². The number of aromatic nitrogens is 3. The molecule has 0 saturated heterocycles. The van der Waals surface area contributed by atoms with Crippen LogP contribution < -0.4 is 5.32 Å². The Labute approximate surface area is 88.6 Å². The van der Waals surface area contributed by atoms with Crippen LogP contribution in [0.1, 0.15) is 12.0 Å². The maximum absolute atomic E-state index is 4.35. The molecule has 4 heteroatoms. The minimum absolute atomic E-state index is 0.669. The van der Waals surface area contributed by atoms with Gasteiger partial charge in [-0.2, -0.15) is 4.98 Å². The van der Waals surface area contributed by atoms with Gasteiger partial charge in [0.05, 0.1) is 0 Å². The van der Waals surface area contributed by atoms with E-state index in [1.54, 1.807) is 4.52 Å². The lowest BCUT2D eigenvalue weighted by Crippen LogP contribution is -2.01. The largest absolute Gasteiger partial charge is 0.353 e. The molecule has 15 heavy (non-hydrogen) atoms. The van der Waals surface area contributed by atoms with Crippen molar-refractivity contribution in [1.29, 1.82) is 0 Å². The SMILES string of the molecule is C=CCCNc1nc2cc(C)ccn2n1. The molecule has 2 aromatic heterocycles. The van der Waals surface area contributed by atoms with Gasteiger partial charge in [0, 0.05) is 12.7 Å². The summed E-state index contributed by atoms with van der Waals surface area (Å²) in [4.78, 5) is 4.35. The lowest BCUT2D eigenvalue weighted by molar-refractivity contribution is 0.943. The lowest BCUT2D eigenvalue weighted by atomic mass is 10.3. The minimum Gasteiger partial charge on any atom is -0.353 e. The third kappa shape index (κ3) is 2.15. The molecule has 0 unspecified atom stereocenters. The Morgan fingerprint density at radius 3 is 3.27 bits per heavy atom. The zero-order valence-electron chi connectivity index (χ0n) is 8.77. The van der Waals surface area contributed by atoms with Crippen LogP contribution in [0.2, 0.25) is 0 Å². The monoisotopic (exact) mass is 202 g/mol. The molecule has 0 bridgehead atoms. The van der Waals surface area contributed by atoms with Crippen LogP contribution in [0.5, 0.6) is 0 Å². The van der Waals surface area contributed by atoms with Crippen molar-refractivity contribution in [3.8, 4) is 0 Å². The topological polar surface area (TPSA) is 42.2 Å². The summed E-state index contributed by atoms with van der Waals surface area (Å²) in [5, 5.41) is 7.43. The summed E-state index contributed by atoms with van der Waals surface area (Å²) in [6, 6.07) is 4.01. The molecular weight excluding hydrogens is 188 g/mol. The van der Waals surface area contributed by atoms with E-state index >= 15 is 0 Å². The highest BCUT2D eigenvalue weighted by molar-refractivity contribution is 5.45. The van der Waals surface area contributed by atoms with Crippen molar-refractivity contribution in [3.63, 3.8) is 0 Å². The zero-order chi connectivity index (χ0) is 10.7. The number of rotatable bonds is 4. The van der Waals surface area contributed by atoms with Crippen LogP contribution >= 0.6 is 0 Å². The van der Waals surface area contributed by atoms with E-state index in [0.29, 0.717) is 5.95 Å². The average Bonchev–Trinajstić information content (AvgIpc) is 2.60. The van der Waals surface area contributed by atoms with E-state index in [1.165, 1.54) is 5.56 Å². The third-order valence-corrected chi connectivity index (χ3v) is 2.12. The molecule has 0 saturated carbocycles. The fourth-order valence-electron chi connectivity index (χ4n) is 1.34. The van der Waals surface area contributed by atoms with Crippen LogP contribution in [0.3, 0.4) is 0 Å². The Hall–Kier alpha value is -1.84. The Morgan fingerprint density at radius 1 is 1.60 bits per heavy atom. The number of anilines is 1. The van der Waals surface area contributed by atoms with Gasteiger partial charge >= 0.3 is 0 Å². The van der Waals surface area contributed by atoms with Crippen LogP contribution in [0.4, 0.5) is 5.95 Å². The molecule has 0 atom stereocenters. The van der Waals surface area contributed by atoms with Crippen molar-refractivity contribution in [2.45, 2.75) is 13.3 Å². The second kappa shape index (κ2) is 4.13. The number of pyridine rings is 1. The molecule has 0 aliphatic rings. The first-order valence-corrected chi connectivity index (χ1v) is 4.97. The van der Waals surface area contributed by atoms with E-state index in [2.05, 4.69) is 22.0 Å². The number of nitrogens with one attached hydrogen (secondary N) is 1. The Kier molecular flexibility index (Phi) is 2.67. The van der Waals surface area contributed by atoms with Crippen molar-refractivity contribution in [2.24, 2.45) is 0 Å². The molecule has 2 aromatic rings. The summed E-state index contributed by atoms with van der Waals surface area (Å²) >= 11 is 0. The first kappa shape index (κ1) is 9.71. The summed E-state index contributed by atoms with van der Waals surface area (Å²) < 4.78 is 1.77. The molecule has 0 aliphatic carbocycles. The van der Waals surface area contributed by atoms with Gasteiger partial charge in [-0.1, -0.05) is 6.08 Å². The number of hydrogen-bond acceptors (Lipinski definition) is 3. The van der Waals surface area contributed by atoms with Gasteiger partial charge in [-0.25, -0.2) is 4.52 Å². The maximum Gasteiger partial charge on any atom is 0.243 e. The highest BCUT2D eigenvalue weighted by atomic mass is 15.3. The van der Waals surface area contributed by atoms with Gasteiger partial charge in [0.15, 0.2) is 5.65 Å². The summed E-state index contributed by atoms with van der Waals surface area (Å²) in [6.45, 7) is 6.52. The van der Waals surface area contributed by atoms with Crippen molar-refractivity contribution in [1.82, 2.24) is 14.6 Å². The number of fused-ring (bicyclic) bond motifs is 1. The van der Waals surface area contributed by atoms with Gasteiger partial charge in [-0.3, -0.25) is 0 Å². The third-order valence-electron chi connectivity index (χ3n) is 2.12. The predicted octanol–water partition coefficient (Wildman–Crippen LogP) is 2.03. The van der Waals surface area contributed by atoms with E-state index in [0.717, 1.165) is 18.6 Å². The highest BCUT2D eigenvalue weighted by Crippen LogP contribution is 2.07. The molecule has 0 spiro atoms. The Bertz CT molecular complexity index is 472. The summed E-state index contributed by atoms with van der Waals surface area (Å²) in [5.41, 5.74) is 2.06. The van der Waals surface area contributed by atoms with E-state index in [1.807, 2.05) is 31.3 Å². The van der Waals surface area contributed by atoms with Crippen LogP contribution in [-0.4, -0.2) is 21.1 Å². The molecule has 78 valence electrons. The quantitative estimate of drug-likeness (QED) is 0.609. The zero-order valence-corrected chi connectivity index (χ0v) is 8.77. The molecule has 0 fully saturated rings. The number of aryl methyl sites for hydroxylation is 1. The van der Waals surface area contributed by atoms with E-state index in [-0.39, 0.29) is 0 Å². The maximum atomic E-state index is 4.35. The van der Waals surface area contributed by atoms with Gasteiger partial charge in [0.2, 0.25) is 5.95 Å². The second-order valence-electron chi connectivity index (χ2n) is 3.45. The fourth-order valence-corrected chi connectivity index (χ4v) is 1.34. The van der Waals surface area contributed by atoms with Gasteiger partial charge < -0.3 is 5.32 Å². The first-order valence-electron chi connectivity index (χ1n) is 4.97. The second-order valence-corrected chi connectivity index (χ2v) is 3.45. The molecule has 0 aromatic carbocycles. The Morgan fingerprint density at radius 2 is 2.47 bits per heavy atom.